The van der Waals surface area contributed by atoms with Gasteiger partial charge in [0.25, 0.3) is 0 Å². The summed E-state index contributed by atoms with van der Waals surface area (Å²) in [6.45, 7) is 9.96. The molecule has 0 fully saturated rings. The maximum Gasteiger partial charge on any atom is 0.220 e. The van der Waals surface area contributed by atoms with Gasteiger partial charge in [0.15, 0.2) is 5.78 Å². The Kier molecular flexibility index (Phi) is 6.95. The zero-order valence-electron chi connectivity index (χ0n) is 14.9. The molecular weight excluding hydrogens is 290 g/mol. The molecule has 1 aromatic carbocycles. The molecule has 1 amide bonds. The number of aryl methyl sites for hydroxylation is 2. The minimum absolute atomic E-state index is 0.00387. The number of amides is 1. The van der Waals surface area contributed by atoms with Gasteiger partial charge in [-0.1, -0.05) is 38.5 Å². The first-order chi connectivity index (χ1) is 10.6. The molecule has 0 radical (unpaired) electrons. The molecule has 0 saturated carbocycles. The molecule has 0 heterocycles. The molecule has 0 spiro atoms. The van der Waals surface area contributed by atoms with Crippen LogP contribution in [0.4, 0.5) is 0 Å². The highest BCUT2D eigenvalue weighted by Gasteiger charge is 2.25. The van der Waals surface area contributed by atoms with E-state index in [0.717, 1.165) is 11.1 Å². The van der Waals surface area contributed by atoms with E-state index in [1.807, 2.05) is 52.8 Å². The average molecular weight is 319 g/mol. The van der Waals surface area contributed by atoms with Crippen LogP contribution in [0, 0.1) is 19.3 Å². The van der Waals surface area contributed by atoms with E-state index in [4.69, 9.17) is 5.11 Å². The number of carbonyl (C=O) groups excluding carboxylic acids is 2. The molecule has 23 heavy (non-hydrogen) atoms. The minimum Gasteiger partial charge on any atom is -0.396 e. The first-order valence-electron chi connectivity index (χ1n) is 8.16. The van der Waals surface area contributed by atoms with E-state index in [9.17, 15) is 9.59 Å². The Bertz CT molecular complexity index is 558. The van der Waals surface area contributed by atoms with E-state index in [-0.39, 0.29) is 42.6 Å². The van der Waals surface area contributed by atoms with E-state index in [1.165, 1.54) is 0 Å². The lowest BCUT2D eigenvalue weighted by atomic mass is 9.85. The number of hydrogen-bond acceptors (Lipinski definition) is 3. The fraction of sp³-hybridized carbons (Fsp3) is 0.579. The number of carbonyl (C=O) groups is 2. The zero-order chi connectivity index (χ0) is 17.6. The second kappa shape index (κ2) is 8.25. The predicted molar refractivity (Wildman–Crippen MR) is 92.6 cm³/mol. The molecule has 4 heteroatoms. The molecule has 4 nitrogen and oxygen atoms in total. The van der Waals surface area contributed by atoms with Crippen LogP contribution in [0.15, 0.2) is 18.2 Å². The third kappa shape index (κ3) is 6.14. The molecular formula is C19H29NO3. The van der Waals surface area contributed by atoms with Crippen molar-refractivity contribution in [2.24, 2.45) is 5.41 Å². The summed E-state index contributed by atoms with van der Waals surface area (Å²) in [7, 11) is 0. The van der Waals surface area contributed by atoms with Gasteiger partial charge < -0.3 is 10.4 Å². The molecule has 1 unspecified atom stereocenters. The van der Waals surface area contributed by atoms with Crippen molar-refractivity contribution in [3.63, 3.8) is 0 Å². The molecule has 1 aromatic rings. The molecule has 0 saturated heterocycles. The quantitative estimate of drug-likeness (QED) is 0.759. The predicted octanol–water partition coefficient (Wildman–Crippen LogP) is 3.18. The number of rotatable bonds is 7. The zero-order valence-corrected chi connectivity index (χ0v) is 14.9. The van der Waals surface area contributed by atoms with Crippen molar-refractivity contribution in [2.45, 2.75) is 59.9 Å². The lowest BCUT2D eigenvalue weighted by Gasteiger charge is -2.31. The Morgan fingerprint density at radius 3 is 2.39 bits per heavy atom. The van der Waals surface area contributed by atoms with Gasteiger partial charge in [0.1, 0.15) is 0 Å². The Labute approximate surface area is 139 Å². The molecule has 0 aliphatic heterocycles. The fourth-order valence-corrected chi connectivity index (χ4v) is 2.52. The van der Waals surface area contributed by atoms with Crippen molar-refractivity contribution < 1.29 is 14.7 Å². The highest BCUT2D eigenvalue weighted by Crippen LogP contribution is 2.22. The van der Waals surface area contributed by atoms with Crippen LogP contribution in [0.1, 0.15) is 61.5 Å². The SMILES string of the molecule is Cc1ccc(C)c(C(=O)CCC(=O)NC(CCO)C(C)(C)C)c1. The fourth-order valence-electron chi connectivity index (χ4n) is 2.52. The van der Waals surface area contributed by atoms with Crippen LogP contribution in [-0.2, 0) is 4.79 Å². The van der Waals surface area contributed by atoms with Gasteiger partial charge in [-0.25, -0.2) is 0 Å². The van der Waals surface area contributed by atoms with Crippen LogP contribution >= 0.6 is 0 Å². The lowest BCUT2D eigenvalue weighted by molar-refractivity contribution is -0.122. The Morgan fingerprint density at radius 1 is 1.17 bits per heavy atom. The van der Waals surface area contributed by atoms with Gasteiger partial charge in [0.05, 0.1) is 0 Å². The lowest BCUT2D eigenvalue weighted by Crippen LogP contribution is -2.44. The Balaban J connectivity index is 2.61. The van der Waals surface area contributed by atoms with E-state index < -0.39 is 0 Å². The summed E-state index contributed by atoms with van der Waals surface area (Å²) >= 11 is 0. The van der Waals surface area contributed by atoms with Gasteiger partial charge >= 0.3 is 0 Å². The Hall–Kier alpha value is -1.68. The van der Waals surface area contributed by atoms with Gasteiger partial charge in [0.2, 0.25) is 5.91 Å². The molecule has 1 atom stereocenters. The Morgan fingerprint density at radius 2 is 1.83 bits per heavy atom. The highest BCUT2D eigenvalue weighted by molar-refractivity contribution is 5.99. The smallest absolute Gasteiger partial charge is 0.220 e. The monoisotopic (exact) mass is 319 g/mol. The summed E-state index contributed by atoms with van der Waals surface area (Å²) < 4.78 is 0. The largest absolute Gasteiger partial charge is 0.396 e. The van der Waals surface area contributed by atoms with E-state index >= 15 is 0 Å². The van der Waals surface area contributed by atoms with Crippen molar-refractivity contribution >= 4 is 11.7 Å². The summed E-state index contributed by atoms with van der Waals surface area (Å²) in [4.78, 5) is 24.4. The summed E-state index contributed by atoms with van der Waals surface area (Å²) in [6, 6.07) is 5.68. The van der Waals surface area contributed by atoms with Gasteiger partial charge in [-0.05, 0) is 37.3 Å². The van der Waals surface area contributed by atoms with Crippen molar-refractivity contribution in [3.05, 3.63) is 34.9 Å². The van der Waals surface area contributed by atoms with Crippen LogP contribution in [0.2, 0.25) is 0 Å². The number of ketones is 1. The summed E-state index contributed by atoms with van der Waals surface area (Å²) in [6.07, 6.45) is 0.885. The maximum atomic E-state index is 12.3. The molecule has 128 valence electrons. The van der Waals surface area contributed by atoms with Crippen LogP contribution in [0.3, 0.4) is 0 Å². The number of benzene rings is 1. The third-order valence-corrected chi connectivity index (χ3v) is 4.07. The van der Waals surface area contributed by atoms with E-state index in [0.29, 0.717) is 12.0 Å². The molecule has 1 rings (SSSR count). The highest BCUT2D eigenvalue weighted by atomic mass is 16.3. The second-order valence-electron chi connectivity index (χ2n) is 7.24. The second-order valence-corrected chi connectivity index (χ2v) is 7.24. The standard InChI is InChI=1S/C19H29NO3/c1-13-6-7-14(2)15(12-13)16(22)8-9-18(23)20-17(10-11-21)19(3,4)5/h6-7,12,17,21H,8-11H2,1-5H3,(H,20,23). The van der Waals surface area contributed by atoms with Gasteiger partial charge in [-0.2, -0.15) is 0 Å². The molecule has 0 bridgehead atoms. The summed E-state index contributed by atoms with van der Waals surface area (Å²) in [5.41, 5.74) is 2.55. The van der Waals surface area contributed by atoms with E-state index in [1.54, 1.807) is 0 Å². The van der Waals surface area contributed by atoms with Gasteiger partial charge in [-0.15, -0.1) is 0 Å². The van der Waals surface area contributed by atoms with Crippen LogP contribution in [0.5, 0.6) is 0 Å². The normalized spacial score (nSPS) is 12.8. The number of Topliss-reactive ketones (excluding diaryl/α,β-unsaturated/α-hetero) is 1. The van der Waals surface area contributed by atoms with Crippen molar-refractivity contribution in [2.75, 3.05) is 6.61 Å². The van der Waals surface area contributed by atoms with E-state index in [2.05, 4.69) is 5.32 Å². The number of aliphatic hydroxyl groups excluding tert-OH is 1. The molecule has 0 aliphatic rings. The summed E-state index contributed by atoms with van der Waals surface area (Å²) in [5.74, 6) is -0.146. The van der Waals surface area contributed by atoms with Crippen LogP contribution < -0.4 is 5.32 Å². The average Bonchev–Trinajstić information content (AvgIpc) is 2.46. The van der Waals surface area contributed by atoms with Crippen LogP contribution in [0.25, 0.3) is 0 Å². The number of hydrogen-bond donors (Lipinski definition) is 2. The number of aliphatic hydroxyl groups is 1. The third-order valence-electron chi connectivity index (χ3n) is 4.07. The topological polar surface area (TPSA) is 66.4 Å². The van der Waals surface area contributed by atoms with Crippen molar-refractivity contribution in [3.8, 4) is 0 Å². The van der Waals surface area contributed by atoms with Crippen molar-refractivity contribution in [1.82, 2.24) is 5.32 Å². The first kappa shape index (κ1) is 19.4. The van der Waals surface area contributed by atoms with Crippen molar-refractivity contribution in [1.29, 1.82) is 0 Å². The molecule has 0 aliphatic carbocycles. The molecule has 0 aromatic heterocycles. The van der Waals surface area contributed by atoms with Crippen LogP contribution in [-0.4, -0.2) is 29.4 Å². The minimum atomic E-state index is -0.142. The number of nitrogens with one attached hydrogen (secondary N) is 1. The molecule has 2 N–H and O–H groups in total. The van der Waals surface area contributed by atoms with Gasteiger partial charge in [0, 0.05) is 31.1 Å². The first-order valence-corrected chi connectivity index (χ1v) is 8.16. The summed E-state index contributed by atoms with van der Waals surface area (Å²) in [5, 5.41) is 12.1. The van der Waals surface area contributed by atoms with Gasteiger partial charge in [-0.3, -0.25) is 9.59 Å². The maximum absolute atomic E-state index is 12.3.